The molecule has 0 fully saturated rings. The van der Waals surface area contributed by atoms with Crippen molar-refractivity contribution >= 4 is 15.9 Å². The minimum Gasteiger partial charge on any atom is -0.334 e. The Labute approximate surface area is 140 Å². The maximum Gasteiger partial charge on any atom is 0.315 e. The summed E-state index contributed by atoms with van der Waals surface area (Å²) in [5.41, 5.74) is 1.17. The van der Waals surface area contributed by atoms with Crippen molar-refractivity contribution in [2.45, 2.75) is 24.4 Å². The van der Waals surface area contributed by atoms with Gasteiger partial charge in [0.1, 0.15) is 5.82 Å². The van der Waals surface area contributed by atoms with E-state index in [9.17, 15) is 17.6 Å². The van der Waals surface area contributed by atoms with Crippen molar-refractivity contribution in [1.82, 2.24) is 10.6 Å². The van der Waals surface area contributed by atoms with Crippen molar-refractivity contribution in [2.24, 2.45) is 0 Å². The van der Waals surface area contributed by atoms with Crippen LogP contribution in [0, 0.1) is 5.82 Å². The molecule has 0 aliphatic rings. The van der Waals surface area contributed by atoms with Crippen LogP contribution in [0.4, 0.5) is 9.18 Å². The Hall–Kier alpha value is -2.41. The average molecular weight is 350 g/mol. The van der Waals surface area contributed by atoms with Crippen LogP contribution in [-0.4, -0.2) is 20.7 Å². The van der Waals surface area contributed by atoms with Gasteiger partial charge in [-0.25, -0.2) is 17.6 Å². The number of hydrogen-bond donors (Lipinski definition) is 2. The lowest BCUT2D eigenvalue weighted by molar-refractivity contribution is 0.237. The van der Waals surface area contributed by atoms with E-state index in [1.165, 1.54) is 18.2 Å². The molecule has 1 atom stereocenters. The van der Waals surface area contributed by atoms with Crippen LogP contribution in [0.2, 0.25) is 0 Å². The molecule has 0 heterocycles. The average Bonchev–Trinajstić information content (AvgIpc) is 2.53. The topological polar surface area (TPSA) is 75.3 Å². The highest BCUT2D eigenvalue weighted by molar-refractivity contribution is 7.90. The predicted molar refractivity (Wildman–Crippen MR) is 89.7 cm³/mol. The zero-order valence-electron chi connectivity index (χ0n) is 13.4. The smallest absolute Gasteiger partial charge is 0.315 e. The van der Waals surface area contributed by atoms with E-state index in [4.69, 9.17) is 0 Å². The molecular formula is C17H19FN2O3S. The quantitative estimate of drug-likeness (QED) is 0.871. The molecule has 5 nitrogen and oxygen atoms in total. The molecule has 2 rings (SSSR count). The van der Waals surface area contributed by atoms with Gasteiger partial charge in [0.25, 0.3) is 0 Å². The number of sulfone groups is 1. The van der Waals surface area contributed by atoms with E-state index in [1.807, 2.05) is 0 Å². The molecular weight excluding hydrogens is 331 g/mol. The Bertz CT molecular complexity index is 820. The molecule has 0 radical (unpaired) electrons. The monoisotopic (exact) mass is 350 g/mol. The summed E-state index contributed by atoms with van der Waals surface area (Å²) in [5.74, 6) is -0.373. The Morgan fingerprint density at radius 3 is 2.33 bits per heavy atom. The molecule has 0 aliphatic heterocycles. The molecule has 2 aromatic carbocycles. The second-order valence-electron chi connectivity index (χ2n) is 5.48. The molecule has 24 heavy (non-hydrogen) atoms. The fraction of sp³-hybridized carbons (Fsp3) is 0.235. The van der Waals surface area contributed by atoms with E-state index in [2.05, 4.69) is 10.6 Å². The number of carbonyl (C=O) groups excluding carboxylic acids is 1. The van der Waals surface area contributed by atoms with Crippen molar-refractivity contribution in [3.63, 3.8) is 0 Å². The number of halogens is 1. The lowest BCUT2D eigenvalue weighted by Crippen LogP contribution is -2.36. The second kappa shape index (κ2) is 7.44. The van der Waals surface area contributed by atoms with E-state index in [1.54, 1.807) is 37.3 Å². The molecule has 0 bridgehead atoms. The summed E-state index contributed by atoms with van der Waals surface area (Å²) in [6.07, 6.45) is 1.14. The summed E-state index contributed by atoms with van der Waals surface area (Å²) in [7, 11) is -3.25. The van der Waals surface area contributed by atoms with Gasteiger partial charge in [-0.05, 0) is 30.7 Å². The van der Waals surface area contributed by atoms with E-state index >= 15 is 0 Å². The van der Waals surface area contributed by atoms with Crippen LogP contribution in [0.15, 0.2) is 53.4 Å². The fourth-order valence-corrected chi connectivity index (χ4v) is 2.78. The summed E-state index contributed by atoms with van der Waals surface area (Å²) >= 11 is 0. The molecule has 0 aliphatic carbocycles. The van der Waals surface area contributed by atoms with E-state index < -0.39 is 15.9 Å². The fourth-order valence-electron chi connectivity index (χ4n) is 2.15. The van der Waals surface area contributed by atoms with Gasteiger partial charge in [-0.1, -0.05) is 30.3 Å². The molecule has 0 saturated carbocycles. The van der Waals surface area contributed by atoms with Gasteiger partial charge < -0.3 is 10.6 Å². The molecule has 0 aromatic heterocycles. The molecule has 7 heteroatoms. The summed E-state index contributed by atoms with van der Waals surface area (Å²) < 4.78 is 36.3. The molecule has 2 amide bonds. The molecule has 1 unspecified atom stereocenters. The van der Waals surface area contributed by atoms with Crippen molar-refractivity contribution in [1.29, 1.82) is 0 Å². The zero-order valence-corrected chi connectivity index (χ0v) is 14.2. The summed E-state index contributed by atoms with van der Waals surface area (Å²) in [5, 5.41) is 5.31. The van der Waals surface area contributed by atoms with Gasteiger partial charge in [-0.3, -0.25) is 0 Å². The van der Waals surface area contributed by atoms with Gasteiger partial charge >= 0.3 is 6.03 Å². The van der Waals surface area contributed by atoms with Gasteiger partial charge in [-0.2, -0.15) is 0 Å². The highest BCUT2D eigenvalue weighted by Crippen LogP contribution is 2.16. The van der Waals surface area contributed by atoms with Crippen LogP contribution in [0.3, 0.4) is 0 Å². The van der Waals surface area contributed by atoms with Crippen LogP contribution in [0.1, 0.15) is 24.1 Å². The molecule has 2 N–H and O–H groups in total. The Morgan fingerprint density at radius 1 is 1.12 bits per heavy atom. The highest BCUT2D eigenvalue weighted by Gasteiger charge is 2.12. The minimum absolute atomic E-state index is 0.0816. The van der Waals surface area contributed by atoms with Crippen molar-refractivity contribution in [3.05, 3.63) is 65.5 Å². The number of amides is 2. The summed E-state index contributed by atoms with van der Waals surface area (Å²) in [4.78, 5) is 12.1. The molecule has 0 saturated heterocycles. The zero-order chi connectivity index (χ0) is 17.7. The third-order valence-corrected chi connectivity index (χ3v) is 4.68. The third kappa shape index (κ3) is 4.79. The van der Waals surface area contributed by atoms with Crippen LogP contribution in [0.5, 0.6) is 0 Å². The second-order valence-corrected chi connectivity index (χ2v) is 7.50. The maximum atomic E-state index is 13.5. The number of nitrogens with one attached hydrogen (secondary N) is 2. The molecule has 0 spiro atoms. The van der Waals surface area contributed by atoms with Crippen molar-refractivity contribution in [2.75, 3.05) is 6.26 Å². The van der Waals surface area contributed by atoms with Gasteiger partial charge in [0.05, 0.1) is 10.9 Å². The lowest BCUT2D eigenvalue weighted by Gasteiger charge is -2.15. The maximum absolute atomic E-state index is 13.5. The van der Waals surface area contributed by atoms with Gasteiger partial charge in [0, 0.05) is 18.4 Å². The summed E-state index contributed by atoms with van der Waals surface area (Å²) in [6.45, 7) is 1.86. The van der Waals surface area contributed by atoms with Crippen LogP contribution in [0.25, 0.3) is 0 Å². The number of urea groups is 1. The predicted octanol–water partition coefficient (Wildman–Crippen LogP) is 2.79. The third-order valence-electron chi connectivity index (χ3n) is 3.55. The van der Waals surface area contributed by atoms with Gasteiger partial charge in [0.15, 0.2) is 9.84 Å². The Balaban J connectivity index is 1.93. The largest absolute Gasteiger partial charge is 0.334 e. The van der Waals surface area contributed by atoms with Crippen LogP contribution in [-0.2, 0) is 16.4 Å². The molecule has 2 aromatic rings. The minimum atomic E-state index is -3.25. The Kier molecular flexibility index (Phi) is 5.56. The molecule has 128 valence electrons. The van der Waals surface area contributed by atoms with E-state index in [0.29, 0.717) is 5.56 Å². The van der Waals surface area contributed by atoms with E-state index in [-0.39, 0.29) is 23.3 Å². The number of carbonyl (C=O) groups is 1. The highest BCUT2D eigenvalue weighted by atomic mass is 32.2. The van der Waals surface area contributed by atoms with Gasteiger partial charge in [-0.15, -0.1) is 0 Å². The first-order valence-electron chi connectivity index (χ1n) is 7.35. The summed E-state index contributed by atoms with van der Waals surface area (Å²) in [6, 6.07) is 11.8. The lowest BCUT2D eigenvalue weighted by atomic mass is 10.1. The first-order chi connectivity index (χ1) is 11.3. The van der Waals surface area contributed by atoms with Crippen molar-refractivity contribution in [3.8, 4) is 0 Å². The standard InChI is InChI=1S/C17H19FN2O3S/c1-12(13-7-9-15(10-8-13)24(2,22)23)20-17(21)19-11-14-5-3-4-6-16(14)18/h3-10,12H,11H2,1-2H3,(H2,19,20,21). The van der Waals surface area contributed by atoms with Gasteiger partial charge in [0.2, 0.25) is 0 Å². The first-order valence-corrected chi connectivity index (χ1v) is 9.24. The number of benzene rings is 2. The number of hydrogen-bond acceptors (Lipinski definition) is 3. The normalized spacial score (nSPS) is 12.5. The first kappa shape index (κ1) is 17.9. The number of rotatable bonds is 5. The van der Waals surface area contributed by atoms with Crippen LogP contribution < -0.4 is 10.6 Å². The van der Waals surface area contributed by atoms with E-state index in [0.717, 1.165) is 11.8 Å². The SMILES string of the molecule is CC(NC(=O)NCc1ccccc1F)c1ccc(S(C)(=O)=O)cc1. The Morgan fingerprint density at radius 2 is 1.75 bits per heavy atom. The van der Waals surface area contributed by atoms with Crippen molar-refractivity contribution < 1.29 is 17.6 Å². The van der Waals surface area contributed by atoms with Crippen LogP contribution >= 0.6 is 0 Å².